The quantitative estimate of drug-likeness (QED) is 0.808. The van der Waals surface area contributed by atoms with Crippen molar-refractivity contribution in [1.82, 2.24) is 4.90 Å². The number of piperidine rings is 1. The summed E-state index contributed by atoms with van der Waals surface area (Å²) in [5.74, 6) is -0.0626. The fourth-order valence-corrected chi connectivity index (χ4v) is 2.80. The first-order valence-electron chi connectivity index (χ1n) is 8.05. The molecule has 1 aliphatic heterocycles. The Balaban J connectivity index is 1.88. The summed E-state index contributed by atoms with van der Waals surface area (Å²) in [6.45, 7) is 3.64. The molecule has 1 aromatic carbocycles. The van der Waals surface area contributed by atoms with Crippen molar-refractivity contribution in [2.45, 2.75) is 38.3 Å². The molecule has 1 amide bonds. The van der Waals surface area contributed by atoms with Gasteiger partial charge in [0.15, 0.2) is 0 Å². The molecule has 1 aromatic rings. The van der Waals surface area contributed by atoms with Gasteiger partial charge in [-0.2, -0.15) is 0 Å². The molecule has 1 saturated heterocycles. The molecule has 0 aromatic heterocycles. The molecule has 1 unspecified atom stereocenters. The second-order valence-electron chi connectivity index (χ2n) is 5.88. The molecule has 5 nitrogen and oxygen atoms in total. The number of hydrogen-bond acceptors (Lipinski definition) is 4. The van der Waals surface area contributed by atoms with Crippen LogP contribution in [0.2, 0.25) is 0 Å². The number of hydrogen-bond donors (Lipinski definition) is 2. The summed E-state index contributed by atoms with van der Waals surface area (Å²) in [6.07, 6.45) is 3.97. The first-order chi connectivity index (χ1) is 10.7. The molecule has 2 rings (SSSR count). The third-order valence-corrected chi connectivity index (χ3v) is 4.07. The number of benzene rings is 1. The van der Waals surface area contributed by atoms with Crippen molar-refractivity contribution in [3.63, 3.8) is 0 Å². The summed E-state index contributed by atoms with van der Waals surface area (Å²) in [5, 5.41) is 2.93. The maximum atomic E-state index is 12.0. The molecule has 122 valence electrons. The van der Waals surface area contributed by atoms with E-state index in [1.165, 1.54) is 37.9 Å². The number of amides is 1. The van der Waals surface area contributed by atoms with E-state index in [9.17, 15) is 4.79 Å². The van der Waals surface area contributed by atoms with Gasteiger partial charge in [0.2, 0.25) is 5.91 Å². The van der Waals surface area contributed by atoms with Crippen molar-refractivity contribution in [2.24, 2.45) is 5.73 Å². The predicted octanol–water partition coefficient (Wildman–Crippen LogP) is 1.97. The molecule has 0 aliphatic carbocycles. The normalized spacial score (nSPS) is 17.2. The largest absolute Gasteiger partial charge is 0.380 e. The van der Waals surface area contributed by atoms with Crippen LogP contribution in [0.25, 0.3) is 0 Å². The summed E-state index contributed by atoms with van der Waals surface area (Å²) in [6, 6.07) is 8.08. The number of nitrogens with two attached hydrogens (primary N) is 1. The Bertz CT molecular complexity index is 469. The van der Waals surface area contributed by atoms with E-state index in [1.807, 2.05) is 12.1 Å². The second-order valence-corrected chi connectivity index (χ2v) is 5.88. The summed E-state index contributed by atoms with van der Waals surface area (Å²) >= 11 is 0. The van der Waals surface area contributed by atoms with Gasteiger partial charge in [0.1, 0.15) is 0 Å². The molecule has 1 heterocycles. The van der Waals surface area contributed by atoms with Gasteiger partial charge < -0.3 is 15.8 Å². The molecule has 1 fully saturated rings. The van der Waals surface area contributed by atoms with Gasteiger partial charge in [-0.25, -0.2) is 0 Å². The Morgan fingerprint density at radius 1 is 1.36 bits per heavy atom. The summed E-state index contributed by atoms with van der Waals surface area (Å²) in [7, 11) is 1.57. The number of nitrogens with zero attached hydrogens (tertiary/aromatic N) is 1. The minimum Gasteiger partial charge on any atom is -0.380 e. The van der Waals surface area contributed by atoms with Crippen LogP contribution in [0.5, 0.6) is 0 Å². The lowest BCUT2D eigenvalue weighted by Crippen LogP contribution is -2.29. The minimum atomic E-state index is -0.225. The van der Waals surface area contributed by atoms with E-state index in [0.717, 1.165) is 12.2 Å². The number of likely N-dealkylation sites (tertiary alicyclic amines) is 1. The van der Waals surface area contributed by atoms with Crippen LogP contribution in [0, 0.1) is 0 Å². The molecule has 0 radical (unpaired) electrons. The number of ether oxygens (including phenoxy) is 1. The Morgan fingerprint density at radius 3 is 2.82 bits per heavy atom. The van der Waals surface area contributed by atoms with Gasteiger partial charge in [-0.3, -0.25) is 9.69 Å². The molecule has 1 atom stereocenters. The molecular formula is C17H27N3O2. The monoisotopic (exact) mass is 305 g/mol. The van der Waals surface area contributed by atoms with Gasteiger partial charge in [0.05, 0.1) is 12.5 Å². The maximum absolute atomic E-state index is 12.0. The molecule has 5 heteroatoms. The number of carbonyl (C=O) groups excluding carboxylic acids is 1. The van der Waals surface area contributed by atoms with E-state index in [2.05, 4.69) is 22.3 Å². The Hall–Kier alpha value is -1.43. The van der Waals surface area contributed by atoms with E-state index in [4.69, 9.17) is 10.5 Å². The molecule has 0 bridgehead atoms. The first kappa shape index (κ1) is 16.9. The molecule has 1 aliphatic rings. The number of anilines is 1. The predicted molar refractivity (Wildman–Crippen MR) is 88.7 cm³/mol. The Labute approximate surface area is 132 Å². The number of nitrogens with one attached hydrogen (secondary N) is 1. The number of carbonyl (C=O) groups is 1. The summed E-state index contributed by atoms with van der Waals surface area (Å²) in [5.41, 5.74) is 7.62. The third kappa shape index (κ3) is 5.40. The zero-order valence-corrected chi connectivity index (χ0v) is 13.4. The van der Waals surface area contributed by atoms with Gasteiger partial charge in [0.25, 0.3) is 0 Å². The molecule has 3 N–H and O–H groups in total. The van der Waals surface area contributed by atoms with Crippen LogP contribution < -0.4 is 11.1 Å². The molecule has 22 heavy (non-hydrogen) atoms. The van der Waals surface area contributed by atoms with Gasteiger partial charge in [-0.05, 0) is 43.6 Å². The zero-order chi connectivity index (χ0) is 15.8. The van der Waals surface area contributed by atoms with Crippen molar-refractivity contribution in [1.29, 1.82) is 0 Å². The van der Waals surface area contributed by atoms with Crippen LogP contribution in [0.15, 0.2) is 24.3 Å². The summed E-state index contributed by atoms with van der Waals surface area (Å²) < 4.78 is 5.14. The minimum absolute atomic E-state index is 0.0626. The topological polar surface area (TPSA) is 67.6 Å². The lowest BCUT2D eigenvalue weighted by Gasteiger charge is -2.26. The van der Waals surface area contributed by atoms with Crippen molar-refractivity contribution in [2.75, 3.05) is 32.1 Å². The lowest BCUT2D eigenvalue weighted by molar-refractivity contribution is -0.118. The maximum Gasteiger partial charge on any atom is 0.227 e. The van der Waals surface area contributed by atoms with E-state index in [-0.39, 0.29) is 18.4 Å². The van der Waals surface area contributed by atoms with Crippen molar-refractivity contribution >= 4 is 11.6 Å². The SMILES string of the molecule is COC(CN)CC(=O)Nc1cccc(CN2CCCCC2)c1. The average molecular weight is 305 g/mol. The zero-order valence-electron chi connectivity index (χ0n) is 13.4. The lowest BCUT2D eigenvalue weighted by atomic mass is 10.1. The van der Waals surface area contributed by atoms with Crippen LogP contribution >= 0.6 is 0 Å². The third-order valence-electron chi connectivity index (χ3n) is 4.07. The van der Waals surface area contributed by atoms with Crippen molar-refractivity contribution in [3.05, 3.63) is 29.8 Å². The Morgan fingerprint density at radius 2 is 2.14 bits per heavy atom. The van der Waals surface area contributed by atoms with Crippen LogP contribution in [0.1, 0.15) is 31.2 Å². The van der Waals surface area contributed by atoms with Crippen LogP contribution in [-0.2, 0) is 16.1 Å². The molecular weight excluding hydrogens is 278 g/mol. The van der Waals surface area contributed by atoms with Gasteiger partial charge in [-0.15, -0.1) is 0 Å². The standard InChI is InChI=1S/C17H27N3O2/c1-22-16(12-18)11-17(21)19-15-7-5-6-14(10-15)13-20-8-3-2-4-9-20/h5-7,10,16H,2-4,8-9,11-13,18H2,1H3,(H,19,21). The van der Waals surface area contributed by atoms with Crippen LogP contribution in [-0.4, -0.2) is 43.7 Å². The highest BCUT2D eigenvalue weighted by Gasteiger charge is 2.13. The van der Waals surface area contributed by atoms with Crippen LogP contribution in [0.4, 0.5) is 5.69 Å². The van der Waals surface area contributed by atoms with Crippen molar-refractivity contribution < 1.29 is 9.53 Å². The number of rotatable bonds is 7. The number of methoxy groups -OCH3 is 1. The smallest absolute Gasteiger partial charge is 0.227 e. The van der Waals surface area contributed by atoms with Gasteiger partial charge in [0, 0.05) is 25.9 Å². The Kier molecular flexibility index (Phi) is 6.83. The second kappa shape index (κ2) is 8.88. The van der Waals surface area contributed by atoms with E-state index in [0.29, 0.717) is 6.54 Å². The molecule has 0 spiro atoms. The van der Waals surface area contributed by atoms with E-state index >= 15 is 0 Å². The van der Waals surface area contributed by atoms with Crippen molar-refractivity contribution in [3.8, 4) is 0 Å². The highest BCUT2D eigenvalue weighted by Crippen LogP contribution is 2.16. The average Bonchev–Trinajstić information content (AvgIpc) is 2.54. The first-order valence-corrected chi connectivity index (χ1v) is 8.05. The van der Waals surface area contributed by atoms with Crippen LogP contribution in [0.3, 0.4) is 0 Å². The molecule has 0 saturated carbocycles. The van der Waals surface area contributed by atoms with E-state index in [1.54, 1.807) is 7.11 Å². The van der Waals surface area contributed by atoms with E-state index < -0.39 is 0 Å². The highest BCUT2D eigenvalue weighted by molar-refractivity contribution is 5.91. The summed E-state index contributed by atoms with van der Waals surface area (Å²) in [4.78, 5) is 14.5. The fraction of sp³-hybridized carbons (Fsp3) is 0.588. The highest BCUT2D eigenvalue weighted by atomic mass is 16.5. The van der Waals surface area contributed by atoms with Gasteiger partial charge >= 0.3 is 0 Å². The fourth-order valence-electron chi connectivity index (χ4n) is 2.80. The van der Waals surface area contributed by atoms with Gasteiger partial charge in [-0.1, -0.05) is 18.6 Å².